The van der Waals surface area contributed by atoms with Gasteiger partial charge >= 0.3 is 0 Å². The fraction of sp³-hybridized carbons (Fsp3) is 1.00. The van der Waals surface area contributed by atoms with Crippen LogP contribution in [0.5, 0.6) is 0 Å². The molecule has 1 nitrogen and oxygen atoms in total. The van der Waals surface area contributed by atoms with Crippen molar-refractivity contribution in [2.75, 3.05) is 0 Å². The van der Waals surface area contributed by atoms with Crippen molar-refractivity contribution in [2.24, 2.45) is 11.3 Å². The van der Waals surface area contributed by atoms with Crippen LogP contribution in [0.3, 0.4) is 0 Å². The average Bonchev–Trinajstić information content (AvgIpc) is 2.29. The van der Waals surface area contributed by atoms with E-state index in [-0.39, 0.29) is 0 Å². The van der Waals surface area contributed by atoms with E-state index >= 15 is 0 Å². The lowest BCUT2D eigenvalue weighted by molar-refractivity contribution is 0.145. The highest BCUT2D eigenvalue weighted by Crippen LogP contribution is 2.38. The summed E-state index contributed by atoms with van der Waals surface area (Å²) < 4.78 is 0. The number of nitrogens with one attached hydrogen (secondary N) is 1. The third kappa shape index (κ3) is 3.98. The van der Waals surface area contributed by atoms with E-state index in [1.165, 1.54) is 57.8 Å². The van der Waals surface area contributed by atoms with Gasteiger partial charge in [0.1, 0.15) is 0 Å². The molecule has 0 saturated heterocycles. The molecular weight excluding hydrogens is 206 g/mol. The van der Waals surface area contributed by atoms with Gasteiger partial charge in [0.25, 0.3) is 0 Å². The van der Waals surface area contributed by atoms with Crippen molar-refractivity contribution >= 4 is 0 Å². The predicted octanol–water partition coefficient (Wildman–Crippen LogP) is 4.51. The van der Waals surface area contributed by atoms with E-state index in [9.17, 15) is 0 Å². The first-order valence-corrected chi connectivity index (χ1v) is 7.82. The van der Waals surface area contributed by atoms with E-state index in [4.69, 9.17) is 0 Å². The molecule has 0 amide bonds. The molecule has 2 saturated carbocycles. The first-order chi connectivity index (χ1) is 8.05. The Bertz CT molecular complexity index is 222. The van der Waals surface area contributed by atoms with Crippen LogP contribution in [0.25, 0.3) is 0 Å². The molecule has 2 atom stereocenters. The highest BCUT2D eigenvalue weighted by Gasteiger charge is 2.31. The quantitative estimate of drug-likeness (QED) is 0.745. The lowest BCUT2D eigenvalue weighted by Gasteiger charge is -2.39. The van der Waals surface area contributed by atoms with Crippen LogP contribution in [0.15, 0.2) is 0 Å². The smallest absolute Gasteiger partial charge is 0.00724 e. The monoisotopic (exact) mass is 237 g/mol. The van der Waals surface area contributed by atoms with E-state index in [0.29, 0.717) is 5.41 Å². The fourth-order valence-electron chi connectivity index (χ4n) is 3.73. The van der Waals surface area contributed by atoms with Crippen LogP contribution in [-0.2, 0) is 0 Å². The maximum Gasteiger partial charge on any atom is 0.00724 e. The predicted molar refractivity (Wildman–Crippen MR) is 75.2 cm³/mol. The fourth-order valence-corrected chi connectivity index (χ4v) is 3.73. The highest BCUT2D eigenvalue weighted by molar-refractivity contribution is 4.86. The first kappa shape index (κ1) is 13.4. The van der Waals surface area contributed by atoms with Crippen LogP contribution in [0, 0.1) is 11.3 Å². The van der Waals surface area contributed by atoms with Gasteiger partial charge in [0.15, 0.2) is 0 Å². The summed E-state index contributed by atoms with van der Waals surface area (Å²) in [5.41, 5.74) is 0.507. The van der Waals surface area contributed by atoms with E-state index < -0.39 is 0 Å². The molecule has 0 aromatic carbocycles. The third-order valence-electron chi connectivity index (χ3n) is 4.98. The van der Waals surface area contributed by atoms with Crippen molar-refractivity contribution in [3.63, 3.8) is 0 Å². The van der Waals surface area contributed by atoms with E-state index in [0.717, 1.165) is 18.0 Å². The molecule has 0 aromatic heterocycles. The minimum atomic E-state index is 0.507. The minimum absolute atomic E-state index is 0.507. The summed E-state index contributed by atoms with van der Waals surface area (Å²) >= 11 is 0. The van der Waals surface area contributed by atoms with Crippen molar-refractivity contribution in [2.45, 2.75) is 90.6 Å². The van der Waals surface area contributed by atoms with Crippen LogP contribution in [-0.4, -0.2) is 12.1 Å². The Morgan fingerprint density at radius 1 is 0.765 bits per heavy atom. The molecule has 2 rings (SSSR count). The Balaban J connectivity index is 1.80. The van der Waals surface area contributed by atoms with Gasteiger partial charge in [0.05, 0.1) is 0 Å². The van der Waals surface area contributed by atoms with E-state index in [2.05, 4.69) is 26.1 Å². The Morgan fingerprint density at radius 2 is 1.41 bits per heavy atom. The van der Waals surface area contributed by atoms with E-state index in [1.54, 1.807) is 0 Å². The largest absolute Gasteiger partial charge is 0.311 e. The molecule has 2 aliphatic carbocycles. The van der Waals surface area contributed by atoms with Gasteiger partial charge in [-0.15, -0.1) is 0 Å². The second-order valence-electron chi connectivity index (χ2n) is 7.43. The van der Waals surface area contributed by atoms with Crippen LogP contribution in [0.4, 0.5) is 0 Å². The lowest BCUT2D eigenvalue weighted by atomic mass is 9.71. The van der Waals surface area contributed by atoms with Crippen molar-refractivity contribution in [1.82, 2.24) is 5.32 Å². The molecule has 17 heavy (non-hydrogen) atoms. The summed E-state index contributed by atoms with van der Waals surface area (Å²) in [6.45, 7) is 7.25. The number of hydrogen-bond donors (Lipinski definition) is 1. The Labute approximate surface area is 108 Å². The standard InChI is InChI=1S/C16H31N/c1-16(2,3)13-8-7-11-15(12-13)17-14-9-5-4-6-10-14/h13-15,17H,4-12H2,1-3H3/t13-,15+/m1/s1. The summed E-state index contributed by atoms with van der Waals surface area (Å²) in [4.78, 5) is 0. The molecule has 0 aromatic rings. The zero-order valence-electron chi connectivity index (χ0n) is 12.1. The normalized spacial score (nSPS) is 32.6. The Hall–Kier alpha value is -0.0400. The van der Waals surface area contributed by atoms with Crippen molar-refractivity contribution in [3.8, 4) is 0 Å². The van der Waals surface area contributed by atoms with Crippen molar-refractivity contribution < 1.29 is 0 Å². The zero-order chi connectivity index (χ0) is 12.3. The van der Waals surface area contributed by atoms with Gasteiger partial charge in [0.2, 0.25) is 0 Å². The van der Waals surface area contributed by atoms with Crippen LogP contribution < -0.4 is 5.32 Å². The van der Waals surface area contributed by atoms with Crippen molar-refractivity contribution in [1.29, 1.82) is 0 Å². The SMILES string of the molecule is CC(C)(C)[C@@H]1CCC[C@H](NC2CCCCC2)C1. The summed E-state index contributed by atoms with van der Waals surface area (Å²) in [6, 6.07) is 1.66. The third-order valence-corrected chi connectivity index (χ3v) is 4.98. The van der Waals surface area contributed by atoms with Gasteiger partial charge in [-0.3, -0.25) is 0 Å². The second-order valence-corrected chi connectivity index (χ2v) is 7.43. The molecule has 2 aliphatic rings. The molecular formula is C16H31N. The van der Waals surface area contributed by atoms with Crippen LogP contribution in [0.2, 0.25) is 0 Å². The Morgan fingerprint density at radius 3 is 2.06 bits per heavy atom. The maximum absolute atomic E-state index is 3.96. The molecule has 100 valence electrons. The van der Waals surface area contributed by atoms with Crippen molar-refractivity contribution in [3.05, 3.63) is 0 Å². The summed E-state index contributed by atoms with van der Waals surface area (Å²) in [5, 5.41) is 3.96. The molecule has 1 heteroatoms. The molecule has 0 spiro atoms. The van der Waals surface area contributed by atoms with Gasteiger partial charge in [-0.1, -0.05) is 46.5 Å². The van der Waals surface area contributed by atoms with E-state index in [1.807, 2.05) is 0 Å². The molecule has 2 fully saturated rings. The molecule has 0 radical (unpaired) electrons. The topological polar surface area (TPSA) is 12.0 Å². The van der Waals surface area contributed by atoms with Gasteiger partial charge in [-0.2, -0.15) is 0 Å². The lowest BCUT2D eigenvalue weighted by Crippen LogP contribution is -2.43. The molecule has 0 aliphatic heterocycles. The number of rotatable bonds is 2. The van der Waals surface area contributed by atoms with Gasteiger partial charge < -0.3 is 5.32 Å². The zero-order valence-corrected chi connectivity index (χ0v) is 12.1. The molecule has 0 unspecified atom stereocenters. The molecule has 0 bridgehead atoms. The minimum Gasteiger partial charge on any atom is -0.311 e. The molecule has 0 heterocycles. The molecule has 1 N–H and O–H groups in total. The first-order valence-electron chi connectivity index (χ1n) is 7.82. The Kier molecular flexibility index (Phi) is 4.52. The summed E-state index contributed by atoms with van der Waals surface area (Å²) in [5.74, 6) is 0.928. The van der Waals surface area contributed by atoms with Crippen LogP contribution in [0.1, 0.15) is 78.6 Å². The average molecular weight is 237 g/mol. The number of hydrogen-bond acceptors (Lipinski definition) is 1. The van der Waals surface area contributed by atoms with Crippen LogP contribution >= 0.6 is 0 Å². The highest BCUT2D eigenvalue weighted by atomic mass is 15.0. The van der Waals surface area contributed by atoms with Gasteiger partial charge in [0, 0.05) is 12.1 Å². The second kappa shape index (κ2) is 5.73. The van der Waals surface area contributed by atoms with Gasteiger partial charge in [-0.25, -0.2) is 0 Å². The van der Waals surface area contributed by atoms with Gasteiger partial charge in [-0.05, 0) is 43.4 Å². The summed E-state index contributed by atoms with van der Waals surface area (Å²) in [7, 11) is 0. The maximum atomic E-state index is 3.96. The summed E-state index contributed by atoms with van der Waals surface area (Å²) in [6.07, 6.45) is 12.9.